The first kappa shape index (κ1) is 12.8. The number of aliphatic carboxylic acids is 1. The predicted octanol–water partition coefficient (Wildman–Crippen LogP) is 0.603. The molecular weight excluding hydrogens is 228 g/mol. The van der Waals surface area contributed by atoms with E-state index >= 15 is 0 Å². The van der Waals surface area contributed by atoms with Gasteiger partial charge in [-0.2, -0.15) is 0 Å². The van der Waals surface area contributed by atoms with E-state index in [9.17, 15) is 4.79 Å². The van der Waals surface area contributed by atoms with Crippen LogP contribution >= 0.6 is 0 Å². The second kappa shape index (κ2) is 4.53. The minimum absolute atomic E-state index is 0.207. The molecule has 2 heterocycles. The molecular formula is C11H18O6. The molecule has 0 bridgehead atoms. The molecule has 2 aliphatic rings. The van der Waals surface area contributed by atoms with Gasteiger partial charge in [0.15, 0.2) is 5.79 Å². The molecule has 0 aromatic rings. The molecule has 98 valence electrons. The van der Waals surface area contributed by atoms with Gasteiger partial charge >= 0.3 is 5.97 Å². The third-order valence-electron chi connectivity index (χ3n) is 3.41. The van der Waals surface area contributed by atoms with E-state index in [0.717, 1.165) is 0 Å². The number of carboxylic acid groups (broad SMARTS) is 1. The molecule has 0 aliphatic carbocycles. The van der Waals surface area contributed by atoms with Crippen LogP contribution in [0.15, 0.2) is 0 Å². The fourth-order valence-electron chi connectivity index (χ4n) is 2.16. The summed E-state index contributed by atoms with van der Waals surface area (Å²) in [6, 6.07) is 0. The van der Waals surface area contributed by atoms with Crippen molar-refractivity contribution < 1.29 is 28.8 Å². The van der Waals surface area contributed by atoms with Crippen molar-refractivity contribution in [2.75, 3.05) is 26.4 Å². The zero-order chi connectivity index (χ0) is 12.5. The molecule has 0 radical (unpaired) electrons. The van der Waals surface area contributed by atoms with Crippen LogP contribution < -0.4 is 0 Å². The van der Waals surface area contributed by atoms with Crippen LogP contribution in [-0.4, -0.2) is 49.1 Å². The van der Waals surface area contributed by atoms with Crippen LogP contribution in [0.25, 0.3) is 0 Å². The molecule has 17 heavy (non-hydrogen) atoms. The van der Waals surface area contributed by atoms with E-state index in [1.54, 1.807) is 6.92 Å². The maximum atomic E-state index is 11.1. The van der Waals surface area contributed by atoms with Crippen LogP contribution in [0, 0.1) is 5.92 Å². The van der Waals surface area contributed by atoms with Gasteiger partial charge in [-0.3, -0.25) is 4.79 Å². The van der Waals surface area contributed by atoms with E-state index in [1.165, 1.54) is 0 Å². The number of hydrogen-bond acceptors (Lipinski definition) is 5. The van der Waals surface area contributed by atoms with Crippen molar-refractivity contribution >= 4 is 5.97 Å². The van der Waals surface area contributed by atoms with Gasteiger partial charge in [0, 0.05) is 0 Å². The Balaban J connectivity index is 2.06. The van der Waals surface area contributed by atoms with Gasteiger partial charge in [0.25, 0.3) is 0 Å². The van der Waals surface area contributed by atoms with Gasteiger partial charge < -0.3 is 24.1 Å². The molecule has 1 spiro atoms. The van der Waals surface area contributed by atoms with Crippen molar-refractivity contribution in [2.45, 2.75) is 31.8 Å². The summed E-state index contributed by atoms with van der Waals surface area (Å²) in [5, 5.41) is 9.06. The zero-order valence-corrected chi connectivity index (χ0v) is 10.1. The van der Waals surface area contributed by atoms with Gasteiger partial charge in [-0.1, -0.05) is 6.92 Å². The van der Waals surface area contributed by atoms with Crippen molar-refractivity contribution in [1.29, 1.82) is 0 Å². The molecule has 2 rings (SSSR count). The van der Waals surface area contributed by atoms with Gasteiger partial charge in [0.1, 0.15) is 19.1 Å². The third kappa shape index (κ3) is 2.18. The molecule has 2 saturated heterocycles. The highest BCUT2D eigenvalue weighted by Gasteiger charge is 2.51. The summed E-state index contributed by atoms with van der Waals surface area (Å²) in [7, 11) is 0. The van der Waals surface area contributed by atoms with Crippen molar-refractivity contribution in [3.05, 3.63) is 0 Å². The van der Waals surface area contributed by atoms with E-state index in [0.29, 0.717) is 19.6 Å². The Bertz CT molecular complexity index is 286. The fraction of sp³-hybridized carbons (Fsp3) is 0.909. The van der Waals surface area contributed by atoms with E-state index in [1.807, 2.05) is 6.92 Å². The van der Waals surface area contributed by atoms with Gasteiger partial charge in [0.2, 0.25) is 5.79 Å². The summed E-state index contributed by atoms with van der Waals surface area (Å²) in [5.41, 5.74) is 0. The molecule has 1 atom stereocenters. The quantitative estimate of drug-likeness (QED) is 0.786. The smallest absolute Gasteiger partial charge is 0.311 e. The Morgan fingerprint density at radius 2 is 1.76 bits per heavy atom. The molecule has 2 aliphatic heterocycles. The summed E-state index contributed by atoms with van der Waals surface area (Å²) >= 11 is 0. The molecule has 6 heteroatoms. The second-order valence-corrected chi connectivity index (χ2v) is 4.41. The molecule has 0 saturated carbocycles. The lowest BCUT2D eigenvalue weighted by molar-refractivity contribution is -0.373. The number of ether oxygens (including phenoxy) is 4. The highest BCUT2D eigenvalue weighted by molar-refractivity contribution is 5.70. The SMILES string of the molecule is CCC1(C(C)C(=O)O)OCC2(CO1)OCCO2. The number of carbonyl (C=O) groups is 1. The lowest BCUT2D eigenvalue weighted by Crippen LogP contribution is -2.57. The van der Waals surface area contributed by atoms with Gasteiger partial charge in [-0.05, 0) is 13.3 Å². The van der Waals surface area contributed by atoms with Crippen LogP contribution in [0.5, 0.6) is 0 Å². The highest BCUT2D eigenvalue weighted by Crippen LogP contribution is 2.36. The monoisotopic (exact) mass is 246 g/mol. The number of carboxylic acids is 1. The summed E-state index contributed by atoms with van der Waals surface area (Å²) < 4.78 is 22.1. The van der Waals surface area contributed by atoms with Crippen LogP contribution in [0.4, 0.5) is 0 Å². The highest BCUT2D eigenvalue weighted by atomic mass is 16.8. The van der Waals surface area contributed by atoms with E-state index < -0.39 is 23.5 Å². The first-order chi connectivity index (χ1) is 8.04. The molecule has 0 aromatic carbocycles. The minimum atomic E-state index is -1.08. The zero-order valence-electron chi connectivity index (χ0n) is 10.1. The van der Waals surface area contributed by atoms with E-state index in [2.05, 4.69) is 0 Å². The van der Waals surface area contributed by atoms with Crippen molar-refractivity contribution in [3.8, 4) is 0 Å². The van der Waals surface area contributed by atoms with E-state index in [-0.39, 0.29) is 13.2 Å². The third-order valence-corrected chi connectivity index (χ3v) is 3.41. The average Bonchev–Trinajstić information content (AvgIpc) is 2.78. The predicted molar refractivity (Wildman–Crippen MR) is 56.4 cm³/mol. The number of hydrogen-bond donors (Lipinski definition) is 1. The first-order valence-electron chi connectivity index (χ1n) is 5.82. The molecule has 2 fully saturated rings. The molecule has 1 N–H and O–H groups in total. The Morgan fingerprint density at radius 1 is 1.24 bits per heavy atom. The van der Waals surface area contributed by atoms with Gasteiger partial charge in [-0.15, -0.1) is 0 Å². The normalized spacial score (nSPS) is 28.1. The summed E-state index contributed by atoms with van der Waals surface area (Å²) in [6.07, 6.45) is 0.469. The molecule has 0 aromatic heterocycles. The Morgan fingerprint density at radius 3 is 2.18 bits per heavy atom. The summed E-state index contributed by atoms with van der Waals surface area (Å²) in [5.74, 6) is -3.58. The summed E-state index contributed by atoms with van der Waals surface area (Å²) in [6.45, 7) is 4.87. The van der Waals surface area contributed by atoms with Crippen molar-refractivity contribution in [1.82, 2.24) is 0 Å². The Kier molecular flexibility index (Phi) is 3.40. The van der Waals surface area contributed by atoms with Crippen LogP contribution in [-0.2, 0) is 23.7 Å². The lowest BCUT2D eigenvalue weighted by Gasteiger charge is -2.44. The molecule has 6 nitrogen and oxygen atoms in total. The van der Waals surface area contributed by atoms with Crippen LogP contribution in [0.2, 0.25) is 0 Å². The first-order valence-corrected chi connectivity index (χ1v) is 5.82. The minimum Gasteiger partial charge on any atom is -0.481 e. The van der Waals surface area contributed by atoms with Crippen LogP contribution in [0.1, 0.15) is 20.3 Å². The Labute approximate surface area is 99.8 Å². The average molecular weight is 246 g/mol. The lowest BCUT2D eigenvalue weighted by atomic mass is 9.96. The van der Waals surface area contributed by atoms with Crippen molar-refractivity contribution in [2.24, 2.45) is 5.92 Å². The standard InChI is InChI=1S/C11H18O6/c1-3-11(8(2)9(12)13)16-6-10(7-17-11)14-4-5-15-10/h8H,3-7H2,1-2H3,(H,12,13). The fourth-order valence-corrected chi connectivity index (χ4v) is 2.16. The maximum absolute atomic E-state index is 11.1. The van der Waals surface area contributed by atoms with E-state index in [4.69, 9.17) is 24.1 Å². The number of rotatable bonds is 3. The van der Waals surface area contributed by atoms with Crippen LogP contribution in [0.3, 0.4) is 0 Å². The molecule has 0 amide bonds. The largest absolute Gasteiger partial charge is 0.481 e. The van der Waals surface area contributed by atoms with Crippen molar-refractivity contribution in [3.63, 3.8) is 0 Å². The molecule has 1 unspecified atom stereocenters. The summed E-state index contributed by atoms with van der Waals surface area (Å²) in [4.78, 5) is 11.1. The second-order valence-electron chi connectivity index (χ2n) is 4.41. The maximum Gasteiger partial charge on any atom is 0.311 e. The Hall–Kier alpha value is -0.690. The topological polar surface area (TPSA) is 74.2 Å². The van der Waals surface area contributed by atoms with Gasteiger partial charge in [-0.25, -0.2) is 0 Å². The van der Waals surface area contributed by atoms with Gasteiger partial charge in [0.05, 0.1) is 13.2 Å².